The van der Waals surface area contributed by atoms with Crippen LogP contribution in [0.5, 0.6) is 23.0 Å². The molecule has 2 aromatic rings. The molecule has 44 heavy (non-hydrogen) atoms. The lowest BCUT2D eigenvalue weighted by molar-refractivity contribution is -0.214. The number of aliphatic hydroxyl groups is 1. The quantitative estimate of drug-likeness (QED) is 0.0816. The third kappa shape index (κ3) is 8.72. The predicted octanol–water partition coefficient (Wildman–Crippen LogP) is 1.45. The van der Waals surface area contributed by atoms with Crippen molar-refractivity contribution in [3.8, 4) is 23.0 Å². The Morgan fingerprint density at radius 2 is 1.30 bits per heavy atom. The summed E-state index contributed by atoms with van der Waals surface area (Å²) in [4.78, 5) is 60.8. The van der Waals surface area contributed by atoms with Gasteiger partial charge in [-0.1, -0.05) is 12.1 Å². The van der Waals surface area contributed by atoms with Crippen LogP contribution < -0.4 is 0 Å². The van der Waals surface area contributed by atoms with Gasteiger partial charge >= 0.3 is 29.8 Å². The van der Waals surface area contributed by atoms with Gasteiger partial charge in [-0.05, 0) is 47.5 Å². The van der Waals surface area contributed by atoms with Crippen molar-refractivity contribution in [3.05, 3.63) is 59.7 Å². The maximum absolute atomic E-state index is 12.7. The molecule has 0 radical (unpaired) electrons. The van der Waals surface area contributed by atoms with E-state index in [1.54, 1.807) is 0 Å². The highest BCUT2D eigenvalue weighted by Crippen LogP contribution is 2.37. The van der Waals surface area contributed by atoms with Gasteiger partial charge in [0.1, 0.15) is 6.10 Å². The lowest BCUT2D eigenvalue weighted by Crippen LogP contribution is -2.59. The highest BCUT2D eigenvalue weighted by Gasteiger charge is 2.56. The second-order valence-electron chi connectivity index (χ2n) is 9.68. The second kappa shape index (κ2) is 14.1. The van der Waals surface area contributed by atoms with Crippen molar-refractivity contribution in [2.24, 2.45) is 0 Å². The molecule has 1 aliphatic carbocycles. The zero-order chi connectivity index (χ0) is 32.6. The first-order chi connectivity index (χ1) is 20.7. The average Bonchev–Trinajstić information content (AvgIpc) is 2.95. The van der Waals surface area contributed by atoms with Crippen molar-refractivity contribution in [1.29, 1.82) is 0 Å². The zero-order valence-electron chi connectivity index (χ0n) is 22.7. The molecule has 1 aliphatic rings. The fourth-order valence-electron chi connectivity index (χ4n) is 4.24. The molecule has 1 saturated carbocycles. The maximum atomic E-state index is 12.7. The Morgan fingerprint density at radius 3 is 1.80 bits per heavy atom. The number of esters is 3. The summed E-state index contributed by atoms with van der Waals surface area (Å²) in [7, 11) is 0. The average molecular weight is 617 g/mol. The van der Waals surface area contributed by atoms with Gasteiger partial charge in [-0.3, -0.25) is 9.59 Å². The normalized spacial score (nSPS) is 21.5. The van der Waals surface area contributed by atoms with Crippen LogP contribution >= 0.6 is 0 Å². The van der Waals surface area contributed by atoms with E-state index >= 15 is 0 Å². The molecule has 0 bridgehead atoms. The van der Waals surface area contributed by atoms with Crippen LogP contribution in [0.4, 0.5) is 0 Å². The maximum Gasteiger partial charge on any atom is 0.348 e. The lowest BCUT2D eigenvalue weighted by atomic mass is 9.79. The lowest BCUT2D eigenvalue weighted by Gasteiger charge is -2.42. The molecule has 1 fully saturated rings. The largest absolute Gasteiger partial charge is 0.504 e. The molecule has 0 heterocycles. The number of benzene rings is 2. The first kappa shape index (κ1) is 32.9. The molecule has 2 aromatic carbocycles. The van der Waals surface area contributed by atoms with Gasteiger partial charge in [0.25, 0.3) is 0 Å². The fraction of sp³-hybridized carbons (Fsp3) is 0.276. The van der Waals surface area contributed by atoms with Crippen molar-refractivity contribution in [3.63, 3.8) is 0 Å². The van der Waals surface area contributed by atoms with E-state index in [1.807, 2.05) is 0 Å². The molecule has 15 heteroatoms. The topological polar surface area (TPSA) is 255 Å². The van der Waals surface area contributed by atoms with Crippen molar-refractivity contribution in [1.82, 2.24) is 0 Å². The molecule has 7 N–H and O–H groups in total. The van der Waals surface area contributed by atoms with Crippen LogP contribution in [0.25, 0.3) is 12.2 Å². The van der Waals surface area contributed by atoms with Crippen molar-refractivity contribution in [2.75, 3.05) is 0 Å². The van der Waals surface area contributed by atoms with Crippen LogP contribution in [0.1, 0.15) is 36.8 Å². The number of carbonyl (C=O) groups is 5. The number of carboxylic acid groups (broad SMARTS) is 2. The van der Waals surface area contributed by atoms with E-state index in [2.05, 4.69) is 0 Å². The molecule has 0 aromatic heterocycles. The van der Waals surface area contributed by atoms with Gasteiger partial charge in [0.2, 0.25) is 5.60 Å². The van der Waals surface area contributed by atoms with E-state index in [0.29, 0.717) is 0 Å². The third-order valence-electron chi connectivity index (χ3n) is 6.40. The Balaban J connectivity index is 1.85. The Hall–Kier alpha value is -5.57. The van der Waals surface area contributed by atoms with Crippen LogP contribution in [0, 0.1) is 0 Å². The number of rotatable bonds is 11. The van der Waals surface area contributed by atoms with Crippen molar-refractivity contribution < 1.29 is 73.9 Å². The SMILES string of the molecule is O=C(O)CCC(=O)O[C@@H]1[C@H](O)C[C@@](OC(=O)C=Cc2ccc(O)c(O)c2)(C(=O)O)C[C@H]1OC(=O)C=Cc1ccc(O)c(O)c1. The molecule has 4 atom stereocenters. The summed E-state index contributed by atoms with van der Waals surface area (Å²) in [6.45, 7) is 0. The smallest absolute Gasteiger partial charge is 0.348 e. The Morgan fingerprint density at radius 1 is 0.750 bits per heavy atom. The van der Waals surface area contributed by atoms with Crippen LogP contribution in [-0.2, 0) is 38.2 Å². The number of ether oxygens (including phenoxy) is 3. The van der Waals surface area contributed by atoms with E-state index < -0.39 is 102 Å². The molecule has 3 rings (SSSR count). The number of carboxylic acids is 2. The Kier molecular flexibility index (Phi) is 10.5. The van der Waals surface area contributed by atoms with Gasteiger partial charge in [0.15, 0.2) is 29.1 Å². The first-order valence-corrected chi connectivity index (χ1v) is 12.9. The van der Waals surface area contributed by atoms with Crippen LogP contribution in [0.15, 0.2) is 48.6 Å². The number of phenolic OH excluding ortho intramolecular Hbond substituents is 4. The minimum Gasteiger partial charge on any atom is -0.504 e. The van der Waals surface area contributed by atoms with Crippen LogP contribution in [0.2, 0.25) is 0 Å². The number of aliphatic carboxylic acids is 2. The standard InChI is InChI=1S/C29H28O15/c30-17-5-1-15(11-19(17)32)3-8-24(37)42-22-14-29(28(40)41,13-21(34)27(22)43-25(38)10-7-23(35)36)44-26(39)9-4-16-2-6-18(31)20(33)12-16/h1-6,8-9,11-12,21-22,27,30-34H,7,10,13-14H2,(H,35,36)(H,40,41)/t21-,22-,27-,29+/m1/s1. The van der Waals surface area contributed by atoms with Crippen molar-refractivity contribution in [2.45, 2.75) is 49.6 Å². The van der Waals surface area contributed by atoms with E-state index in [0.717, 1.165) is 42.5 Å². The molecular weight excluding hydrogens is 588 g/mol. The summed E-state index contributed by atoms with van der Waals surface area (Å²) in [6.07, 6.45) is -4.08. The summed E-state index contributed by atoms with van der Waals surface area (Å²) in [5.41, 5.74) is -2.00. The van der Waals surface area contributed by atoms with Gasteiger partial charge in [-0.25, -0.2) is 14.4 Å². The number of carbonyl (C=O) groups excluding carboxylic acids is 3. The van der Waals surface area contributed by atoms with Crippen LogP contribution in [-0.4, -0.2) is 89.5 Å². The van der Waals surface area contributed by atoms with Crippen molar-refractivity contribution >= 4 is 42.0 Å². The molecule has 234 valence electrons. The van der Waals surface area contributed by atoms with Gasteiger partial charge in [0, 0.05) is 25.0 Å². The molecule has 0 spiro atoms. The number of hydrogen-bond acceptors (Lipinski definition) is 13. The van der Waals surface area contributed by atoms with Gasteiger partial charge in [-0.2, -0.15) is 0 Å². The van der Waals surface area contributed by atoms with Crippen LogP contribution in [0.3, 0.4) is 0 Å². The van der Waals surface area contributed by atoms with E-state index in [9.17, 15) is 54.6 Å². The third-order valence-corrected chi connectivity index (χ3v) is 6.40. The van der Waals surface area contributed by atoms with Gasteiger partial charge in [0.05, 0.1) is 18.9 Å². The minimum absolute atomic E-state index is 0.235. The number of aliphatic hydroxyl groups excluding tert-OH is 1. The predicted molar refractivity (Wildman–Crippen MR) is 146 cm³/mol. The molecule has 0 saturated heterocycles. The summed E-state index contributed by atoms with van der Waals surface area (Å²) < 4.78 is 15.7. The highest BCUT2D eigenvalue weighted by atomic mass is 16.6. The van der Waals surface area contributed by atoms with Gasteiger partial charge < -0.3 is 50.0 Å². The molecular formula is C29H28O15. The number of phenols is 4. The Labute approximate surface area is 248 Å². The second-order valence-corrected chi connectivity index (χ2v) is 9.68. The summed E-state index contributed by atoms with van der Waals surface area (Å²) in [5, 5.41) is 67.8. The monoisotopic (exact) mass is 616 g/mol. The zero-order valence-corrected chi connectivity index (χ0v) is 22.7. The summed E-state index contributed by atoms with van der Waals surface area (Å²) >= 11 is 0. The molecule has 0 unspecified atom stereocenters. The summed E-state index contributed by atoms with van der Waals surface area (Å²) in [6, 6.07) is 7.21. The summed E-state index contributed by atoms with van der Waals surface area (Å²) in [5.74, 6) is -8.25. The Bertz CT molecular complexity index is 1490. The molecule has 0 amide bonds. The van der Waals surface area contributed by atoms with E-state index in [1.165, 1.54) is 18.2 Å². The molecule has 0 aliphatic heterocycles. The van der Waals surface area contributed by atoms with E-state index in [4.69, 9.17) is 19.3 Å². The number of aromatic hydroxyl groups is 4. The molecule has 15 nitrogen and oxygen atoms in total. The number of hydrogen-bond donors (Lipinski definition) is 7. The minimum atomic E-state index is -2.49. The first-order valence-electron chi connectivity index (χ1n) is 12.9. The van der Waals surface area contributed by atoms with Gasteiger partial charge in [-0.15, -0.1) is 0 Å². The van der Waals surface area contributed by atoms with E-state index in [-0.39, 0.29) is 11.1 Å². The fourth-order valence-corrected chi connectivity index (χ4v) is 4.24. The highest BCUT2D eigenvalue weighted by molar-refractivity contribution is 5.91.